The highest BCUT2D eigenvalue weighted by Crippen LogP contribution is 2.64. The fraction of sp³-hybridized carbons (Fsp3) is 0.450. The molecule has 1 heterocycles. The predicted octanol–water partition coefficient (Wildman–Crippen LogP) is 2.48. The lowest BCUT2D eigenvalue weighted by molar-refractivity contribution is -0.161. The van der Waals surface area contributed by atoms with E-state index in [0.717, 1.165) is 5.56 Å². The standard InChI is InChI=1S/C20H22O6/c1-4-7-19-9-13(21)17(22)20(24-3,18(19)23)16(11(19)2)12-5-6-14-15(8-12)26-10-25-14/h4-6,8-9,11,16,18,21,23H,1,7,10H2,2-3H3/t11-,16+,18?,19-,20+/m0/s1. The first kappa shape index (κ1) is 17.1. The van der Waals surface area contributed by atoms with Gasteiger partial charge in [0.2, 0.25) is 12.6 Å². The van der Waals surface area contributed by atoms with Gasteiger partial charge in [0.05, 0.1) is 0 Å². The maximum atomic E-state index is 13.0. The number of hydrogen-bond acceptors (Lipinski definition) is 6. The lowest BCUT2D eigenvalue weighted by atomic mass is 9.70. The van der Waals surface area contributed by atoms with Gasteiger partial charge in [-0.2, -0.15) is 0 Å². The summed E-state index contributed by atoms with van der Waals surface area (Å²) in [6, 6.07) is 5.47. The normalized spacial score (nSPS) is 37.6. The smallest absolute Gasteiger partial charge is 0.231 e. The molecule has 2 bridgehead atoms. The van der Waals surface area contributed by atoms with E-state index in [9.17, 15) is 15.0 Å². The summed E-state index contributed by atoms with van der Waals surface area (Å²) in [5.41, 5.74) is -1.60. The SMILES string of the molecule is C=CC[C@@]12C=C(O)C(=O)[C@@](OC)(C1O)[C@@H](c1ccc3c(c1)OCO3)[C@@H]2C. The Balaban J connectivity index is 1.93. The number of Topliss-reactive ketones (excluding diaryl/α,β-unsaturated/α-hetero) is 1. The van der Waals surface area contributed by atoms with E-state index in [0.29, 0.717) is 17.9 Å². The van der Waals surface area contributed by atoms with Crippen molar-refractivity contribution >= 4 is 5.78 Å². The van der Waals surface area contributed by atoms with Crippen LogP contribution in [0.2, 0.25) is 0 Å². The van der Waals surface area contributed by atoms with Crippen LogP contribution in [-0.4, -0.2) is 41.6 Å². The van der Waals surface area contributed by atoms with Crippen molar-refractivity contribution in [3.63, 3.8) is 0 Å². The first-order chi connectivity index (χ1) is 12.4. The Morgan fingerprint density at radius 2 is 2.12 bits per heavy atom. The van der Waals surface area contributed by atoms with Crippen molar-refractivity contribution in [2.75, 3.05) is 13.9 Å². The number of rotatable bonds is 4. The number of aliphatic hydroxyl groups is 2. The molecule has 1 unspecified atom stereocenters. The number of aliphatic hydroxyl groups excluding tert-OH is 2. The average molecular weight is 358 g/mol. The van der Waals surface area contributed by atoms with Crippen LogP contribution in [0.3, 0.4) is 0 Å². The molecule has 5 atom stereocenters. The van der Waals surface area contributed by atoms with Gasteiger partial charge in [-0.3, -0.25) is 4.79 Å². The number of fused-ring (bicyclic) bond motifs is 3. The topological polar surface area (TPSA) is 85.2 Å². The van der Waals surface area contributed by atoms with Gasteiger partial charge in [-0.1, -0.05) is 19.1 Å². The second-order valence-corrected chi connectivity index (χ2v) is 7.24. The first-order valence-electron chi connectivity index (χ1n) is 8.62. The zero-order valence-electron chi connectivity index (χ0n) is 14.8. The molecule has 4 rings (SSSR count). The zero-order valence-corrected chi connectivity index (χ0v) is 14.8. The van der Waals surface area contributed by atoms with Gasteiger partial charge in [0.1, 0.15) is 6.10 Å². The lowest BCUT2D eigenvalue weighted by Gasteiger charge is -2.41. The quantitative estimate of drug-likeness (QED) is 0.805. The fourth-order valence-electron chi connectivity index (χ4n) is 5.08. The molecule has 1 fully saturated rings. The Hall–Kier alpha value is -2.31. The molecule has 1 aromatic carbocycles. The lowest BCUT2D eigenvalue weighted by Crippen LogP contribution is -2.57. The van der Waals surface area contributed by atoms with Crippen LogP contribution in [0.4, 0.5) is 0 Å². The highest BCUT2D eigenvalue weighted by atomic mass is 16.7. The Bertz CT molecular complexity index is 815. The van der Waals surface area contributed by atoms with Gasteiger partial charge in [-0.15, -0.1) is 6.58 Å². The molecule has 2 N–H and O–H groups in total. The molecule has 0 spiro atoms. The van der Waals surface area contributed by atoms with E-state index < -0.39 is 28.8 Å². The fourth-order valence-corrected chi connectivity index (χ4v) is 5.08. The summed E-state index contributed by atoms with van der Waals surface area (Å²) in [4.78, 5) is 13.0. The van der Waals surface area contributed by atoms with Crippen LogP contribution in [0.1, 0.15) is 24.8 Å². The van der Waals surface area contributed by atoms with Crippen molar-refractivity contribution in [1.29, 1.82) is 0 Å². The van der Waals surface area contributed by atoms with Crippen LogP contribution in [0.5, 0.6) is 11.5 Å². The molecule has 2 aliphatic carbocycles. The van der Waals surface area contributed by atoms with E-state index in [1.807, 2.05) is 19.1 Å². The molecule has 1 aliphatic heterocycles. The second kappa shape index (κ2) is 5.59. The molecule has 1 aromatic rings. The number of methoxy groups -OCH3 is 1. The molecular weight excluding hydrogens is 336 g/mol. The molecular formula is C20H22O6. The summed E-state index contributed by atoms with van der Waals surface area (Å²) >= 11 is 0. The third-order valence-electron chi connectivity index (χ3n) is 6.31. The number of allylic oxidation sites excluding steroid dienone is 1. The number of carbonyl (C=O) groups is 1. The number of benzene rings is 1. The summed E-state index contributed by atoms with van der Waals surface area (Å²) in [6.07, 6.45) is 2.49. The molecule has 0 saturated heterocycles. The van der Waals surface area contributed by atoms with Crippen molar-refractivity contribution in [1.82, 2.24) is 0 Å². The summed E-state index contributed by atoms with van der Waals surface area (Å²) in [7, 11) is 1.40. The van der Waals surface area contributed by atoms with E-state index in [-0.39, 0.29) is 18.5 Å². The molecule has 1 saturated carbocycles. The number of hydrogen-bond donors (Lipinski definition) is 2. The van der Waals surface area contributed by atoms with Crippen molar-refractivity contribution in [2.45, 2.75) is 31.0 Å². The Morgan fingerprint density at radius 1 is 1.38 bits per heavy atom. The van der Waals surface area contributed by atoms with Crippen LogP contribution in [-0.2, 0) is 9.53 Å². The predicted molar refractivity (Wildman–Crippen MR) is 93.2 cm³/mol. The molecule has 0 aromatic heterocycles. The minimum Gasteiger partial charge on any atom is -0.505 e. The minimum atomic E-state index is -1.56. The molecule has 0 amide bonds. The molecule has 26 heavy (non-hydrogen) atoms. The van der Waals surface area contributed by atoms with Crippen molar-refractivity contribution in [2.24, 2.45) is 11.3 Å². The third kappa shape index (κ3) is 1.86. The first-order valence-corrected chi connectivity index (χ1v) is 8.62. The van der Waals surface area contributed by atoms with Crippen molar-refractivity contribution in [3.05, 3.63) is 48.3 Å². The maximum Gasteiger partial charge on any atom is 0.231 e. The van der Waals surface area contributed by atoms with Crippen LogP contribution in [0.25, 0.3) is 0 Å². The van der Waals surface area contributed by atoms with Crippen molar-refractivity contribution in [3.8, 4) is 11.5 Å². The summed E-state index contributed by atoms with van der Waals surface area (Å²) in [5, 5.41) is 21.6. The van der Waals surface area contributed by atoms with Crippen LogP contribution >= 0.6 is 0 Å². The van der Waals surface area contributed by atoms with Gasteiger partial charge >= 0.3 is 0 Å². The number of ether oxygens (including phenoxy) is 3. The van der Waals surface area contributed by atoms with Crippen LogP contribution in [0.15, 0.2) is 42.7 Å². The van der Waals surface area contributed by atoms with Crippen LogP contribution in [0, 0.1) is 11.3 Å². The molecule has 0 radical (unpaired) electrons. The van der Waals surface area contributed by atoms with Gasteiger partial charge in [0.25, 0.3) is 0 Å². The second-order valence-electron chi connectivity index (χ2n) is 7.24. The molecule has 3 aliphatic rings. The van der Waals surface area contributed by atoms with Gasteiger partial charge in [0, 0.05) is 18.4 Å². The van der Waals surface area contributed by atoms with E-state index in [4.69, 9.17) is 14.2 Å². The van der Waals surface area contributed by atoms with Gasteiger partial charge in [-0.05, 0) is 36.1 Å². The average Bonchev–Trinajstić information content (AvgIpc) is 3.14. The zero-order chi connectivity index (χ0) is 18.7. The molecule has 138 valence electrons. The highest BCUT2D eigenvalue weighted by Gasteiger charge is 2.72. The Kier molecular flexibility index (Phi) is 3.68. The van der Waals surface area contributed by atoms with Gasteiger partial charge < -0.3 is 24.4 Å². The third-order valence-corrected chi connectivity index (χ3v) is 6.31. The van der Waals surface area contributed by atoms with E-state index in [1.54, 1.807) is 12.1 Å². The molecule has 6 heteroatoms. The minimum absolute atomic E-state index is 0.152. The highest BCUT2D eigenvalue weighted by molar-refractivity contribution is 6.03. The maximum absolute atomic E-state index is 13.0. The summed E-state index contributed by atoms with van der Waals surface area (Å²) in [5.74, 6) is -0.384. The van der Waals surface area contributed by atoms with Gasteiger partial charge in [-0.25, -0.2) is 0 Å². The van der Waals surface area contributed by atoms with Gasteiger partial charge in [0.15, 0.2) is 22.9 Å². The molecule has 6 nitrogen and oxygen atoms in total. The number of ketones is 1. The number of carbonyl (C=O) groups excluding carboxylic acids is 1. The summed E-state index contributed by atoms with van der Waals surface area (Å²) in [6.45, 7) is 5.90. The summed E-state index contributed by atoms with van der Waals surface area (Å²) < 4.78 is 16.5. The van der Waals surface area contributed by atoms with Crippen molar-refractivity contribution < 1.29 is 29.2 Å². The monoisotopic (exact) mass is 358 g/mol. The van der Waals surface area contributed by atoms with Crippen LogP contribution < -0.4 is 9.47 Å². The Morgan fingerprint density at radius 3 is 2.81 bits per heavy atom. The van der Waals surface area contributed by atoms with E-state index in [1.165, 1.54) is 13.2 Å². The Labute approximate surface area is 151 Å². The van der Waals surface area contributed by atoms with E-state index >= 15 is 0 Å². The largest absolute Gasteiger partial charge is 0.505 e. The van der Waals surface area contributed by atoms with E-state index in [2.05, 4.69) is 6.58 Å².